The van der Waals surface area contributed by atoms with Crippen LogP contribution in [-0.2, 0) is 19.9 Å². The summed E-state index contributed by atoms with van der Waals surface area (Å²) in [4.78, 5) is 11.9. The summed E-state index contributed by atoms with van der Waals surface area (Å²) in [5.41, 5.74) is 1.25. The summed E-state index contributed by atoms with van der Waals surface area (Å²) in [7, 11) is 0. The van der Waals surface area contributed by atoms with Crippen LogP contribution in [0.1, 0.15) is 30.9 Å². The van der Waals surface area contributed by atoms with Crippen LogP contribution >= 0.6 is 0 Å². The Hall–Kier alpha value is -1.35. The fourth-order valence-electron chi connectivity index (χ4n) is 1.72. The number of benzene rings is 1. The Kier molecular flexibility index (Phi) is 3.48. The number of ether oxygens (including phenoxy) is 2. The first-order chi connectivity index (χ1) is 8.19. The lowest BCUT2D eigenvalue weighted by molar-refractivity contribution is -0.150. The van der Waals surface area contributed by atoms with Crippen molar-refractivity contribution in [3.63, 3.8) is 0 Å². The molecule has 3 heteroatoms. The standard InChI is InChI=1S/C14H18O3/c1-3-4-9-16-13(15)14(10-17-14)12-7-5-11(2)6-8-12/h5-8H,3-4,9-10H2,1-2H3. The second-order valence-corrected chi connectivity index (χ2v) is 4.47. The van der Waals surface area contributed by atoms with Crippen molar-refractivity contribution in [1.82, 2.24) is 0 Å². The van der Waals surface area contributed by atoms with Gasteiger partial charge in [0.2, 0.25) is 5.60 Å². The lowest BCUT2D eigenvalue weighted by Gasteiger charge is -2.12. The first-order valence-electron chi connectivity index (χ1n) is 6.07. The number of aryl methyl sites for hydroxylation is 1. The highest BCUT2D eigenvalue weighted by atomic mass is 16.6. The molecule has 1 saturated heterocycles. The van der Waals surface area contributed by atoms with E-state index >= 15 is 0 Å². The van der Waals surface area contributed by atoms with Crippen LogP contribution in [0.15, 0.2) is 24.3 Å². The SMILES string of the molecule is CCCCOC(=O)C1(c2ccc(C)cc2)CO1. The zero-order valence-electron chi connectivity index (χ0n) is 10.4. The van der Waals surface area contributed by atoms with Crippen molar-refractivity contribution in [2.24, 2.45) is 0 Å². The van der Waals surface area contributed by atoms with E-state index in [2.05, 4.69) is 6.92 Å². The van der Waals surface area contributed by atoms with E-state index in [1.54, 1.807) is 0 Å². The number of esters is 1. The predicted octanol–water partition coefficient (Wildman–Crippen LogP) is 2.56. The highest BCUT2D eigenvalue weighted by Crippen LogP contribution is 2.40. The van der Waals surface area contributed by atoms with Crippen LogP contribution in [0.5, 0.6) is 0 Å². The van der Waals surface area contributed by atoms with Gasteiger partial charge in [-0.1, -0.05) is 43.2 Å². The zero-order valence-corrected chi connectivity index (χ0v) is 10.4. The molecule has 0 aromatic heterocycles. The molecule has 1 unspecified atom stereocenters. The van der Waals surface area contributed by atoms with Gasteiger partial charge in [-0.2, -0.15) is 0 Å². The maximum atomic E-state index is 11.9. The molecule has 0 radical (unpaired) electrons. The van der Waals surface area contributed by atoms with Gasteiger partial charge in [-0.05, 0) is 18.9 Å². The summed E-state index contributed by atoms with van der Waals surface area (Å²) < 4.78 is 10.6. The molecule has 1 aliphatic heterocycles. The van der Waals surface area contributed by atoms with Crippen molar-refractivity contribution in [3.8, 4) is 0 Å². The molecule has 0 N–H and O–H groups in total. The average molecular weight is 234 g/mol. The van der Waals surface area contributed by atoms with Gasteiger partial charge in [-0.15, -0.1) is 0 Å². The molecule has 1 heterocycles. The van der Waals surface area contributed by atoms with E-state index in [-0.39, 0.29) is 5.97 Å². The maximum Gasteiger partial charge on any atom is 0.345 e. The summed E-state index contributed by atoms with van der Waals surface area (Å²) in [5.74, 6) is -0.255. The van der Waals surface area contributed by atoms with Crippen molar-refractivity contribution in [2.75, 3.05) is 13.2 Å². The van der Waals surface area contributed by atoms with Crippen LogP contribution < -0.4 is 0 Å². The quantitative estimate of drug-likeness (QED) is 0.446. The normalized spacial score (nSPS) is 22.2. The fraction of sp³-hybridized carbons (Fsp3) is 0.500. The number of carbonyl (C=O) groups is 1. The summed E-state index contributed by atoms with van der Waals surface area (Å²) in [6.45, 7) is 4.99. The maximum absolute atomic E-state index is 11.9. The van der Waals surface area contributed by atoms with Gasteiger partial charge in [0, 0.05) is 0 Å². The minimum absolute atomic E-state index is 0.255. The van der Waals surface area contributed by atoms with Gasteiger partial charge in [-0.25, -0.2) is 4.79 Å². The number of carbonyl (C=O) groups excluding carboxylic acids is 1. The largest absolute Gasteiger partial charge is 0.463 e. The molecule has 17 heavy (non-hydrogen) atoms. The van der Waals surface area contributed by atoms with Gasteiger partial charge < -0.3 is 9.47 Å². The molecule has 0 spiro atoms. The fourth-order valence-corrected chi connectivity index (χ4v) is 1.72. The molecule has 0 bridgehead atoms. The molecular formula is C14H18O3. The van der Waals surface area contributed by atoms with E-state index in [0.29, 0.717) is 13.2 Å². The summed E-state index contributed by atoms with van der Waals surface area (Å²) in [6, 6.07) is 7.84. The monoisotopic (exact) mass is 234 g/mol. The van der Waals surface area contributed by atoms with E-state index in [4.69, 9.17) is 9.47 Å². The Bertz CT molecular complexity index is 390. The number of hydrogen-bond acceptors (Lipinski definition) is 3. The van der Waals surface area contributed by atoms with Crippen molar-refractivity contribution < 1.29 is 14.3 Å². The molecule has 0 saturated carbocycles. The first-order valence-corrected chi connectivity index (χ1v) is 6.07. The molecular weight excluding hydrogens is 216 g/mol. The van der Waals surface area contributed by atoms with E-state index < -0.39 is 5.60 Å². The molecule has 0 aliphatic carbocycles. The lowest BCUT2D eigenvalue weighted by atomic mass is 9.99. The van der Waals surface area contributed by atoms with Crippen molar-refractivity contribution in [2.45, 2.75) is 32.3 Å². The highest BCUT2D eigenvalue weighted by Gasteiger charge is 2.55. The smallest absolute Gasteiger partial charge is 0.345 e. The molecule has 0 amide bonds. The first kappa shape index (κ1) is 12.1. The van der Waals surface area contributed by atoms with Gasteiger partial charge in [0.25, 0.3) is 0 Å². The lowest BCUT2D eigenvalue weighted by Crippen LogP contribution is -2.25. The van der Waals surface area contributed by atoms with Crippen LogP contribution in [0, 0.1) is 6.92 Å². The third-order valence-corrected chi connectivity index (χ3v) is 3.01. The van der Waals surface area contributed by atoms with Gasteiger partial charge >= 0.3 is 5.97 Å². The molecule has 1 aliphatic rings. The van der Waals surface area contributed by atoms with Gasteiger partial charge in [0.15, 0.2) is 0 Å². The van der Waals surface area contributed by atoms with Gasteiger partial charge in [0.05, 0.1) is 13.2 Å². The number of rotatable bonds is 5. The molecule has 1 atom stereocenters. The number of unbranched alkanes of at least 4 members (excludes halogenated alkanes) is 1. The van der Waals surface area contributed by atoms with Crippen molar-refractivity contribution in [1.29, 1.82) is 0 Å². The van der Waals surface area contributed by atoms with Crippen LogP contribution in [0.25, 0.3) is 0 Å². The topological polar surface area (TPSA) is 38.8 Å². The predicted molar refractivity (Wildman–Crippen MR) is 64.7 cm³/mol. The van der Waals surface area contributed by atoms with Crippen LogP contribution in [-0.4, -0.2) is 19.2 Å². The Labute approximate surface area is 102 Å². The van der Waals surface area contributed by atoms with E-state index in [1.807, 2.05) is 31.2 Å². The minimum Gasteiger partial charge on any atom is -0.463 e. The third-order valence-electron chi connectivity index (χ3n) is 3.01. The molecule has 2 rings (SSSR count). The van der Waals surface area contributed by atoms with Crippen LogP contribution in [0.2, 0.25) is 0 Å². The molecule has 1 aromatic carbocycles. The summed E-state index contributed by atoms with van der Waals surface area (Å²) in [5, 5.41) is 0. The van der Waals surface area contributed by atoms with Crippen LogP contribution in [0.4, 0.5) is 0 Å². The van der Waals surface area contributed by atoms with Gasteiger partial charge in [0.1, 0.15) is 0 Å². The highest BCUT2D eigenvalue weighted by molar-refractivity contribution is 5.84. The number of epoxide rings is 1. The number of hydrogen-bond donors (Lipinski definition) is 0. The van der Waals surface area contributed by atoms with E-state index in [1.165, 1.54) is 5.56 Å². The second-order valence-electron chi connectivity index (χ2n) is 4.47. The Morgan fingerprint density at radius 1 is 1.41 bits per heavy atom. The van der Waals surface area contributed by atoms with Crippen molar-refractivity contribution in [3.05, 3.63) is 35.4 Å². The molecule has 1 aromatic rings. The molecule has 1 fully saturated rings. The summed E-state index contributed by atoms with van der Waals surface area (Å²) in [6.07, 6.45) is 1.92. The van der Waals surface area contributed by atoms with E-state index in [0.717, 1.165) is 18.4 Å². The summed E-state index contributed by atoms with van der Waals surface area (Å²) >= 11 is 0. The molecule has 3 nitrogen and oxygen atoms in total. The molecule has 92 valence electrons. The average Bonchev–Trinajstić information content (AvgIpc) is 3.11. The van der Waals surface area contributed by atoms with Crippen LogP contribution in [0.3, 0.4) is 0 Å². The zero-order chi connectivity index (χ0) is 12.3. The Morgan fingerprint density at radius 2 is 2.06 bits per heavy atom. The minimum atomic E-state index is -0.818. The van der Waals surface area contributed by atoms with Gasteiger partial charge in [-0.3, -0.25) is 0 Å². The Balaban J connectivity index is 2.03. The third kappa shape index (κ3) is 2.50. The Morgan fingerprint density at radius 3 is 2.59 bits per heavy atom. The van der Waals surface area contributed by atoms with Crippen molar-refractivity contribution >= 4 is 5.97 Å². The second kappa shape index (κ2) is 4.88. The van der Waals surface area contributed by atoms with E-state index in [9.17, 15) is 4.79 Å².